The smallest absolute Gasteiger partial charge is 0.307 e. The van der Waals surface area contributed by atoms with Crippen LogP contribution in [0.5, 0.6) is 0 Å². The van der Waals surface area contributed by atoms with E-state index >= 15 is 0 Å². The molecule has 0 heterocycles. The van der Waals surface area contributed by atoms with Crippen LogP contribution in [-0.4, -0.2) is 0 Å². The van der Waals surface area contributed by atoms with E-state index in [1.54, 1.807) is 5.92 Å². The zero-order chi connectivity index (χ0) is 10.0. The fraction of sp³-hybridized carbons (Fsp3) is 0.769. The first-order chi connectivity index (χ1) is 6.09. The van der Waals surface area contributed by atoms with E-state index in [1.165, 1.54) is 6.42 Å². The van der Waals surface area contributed by atoms with Crippen LogP contribution in [0.15, 0.2) is 12.7 Å². The van der Waals surface area contributed by atoms with Gasteiger partial charge in [-0.3, -0.25) is 0 Å². The summed E-state index contributed by atoms with van der Waals surface area (Å²) in [4.78, 5) is 0. The predicted octanol–water partition coefficient (Wildman–Crippen LogP) is 1.09. The van der Waals surface area contributed by atoms with Crippen molar-refractivity contribution in [2.45, 2.75) is 40.5 Å². The molecular formula is C13H23K. The Morgan fingerprint density at radius 2 is 1.50 bits per heavy atom. The third-order valence-corrected chi connectivity index (χ3v) is 4.21. The molecule has 76 valence electrons. The molecule has 1 heteroatoms. The quantitative estimate of drug-likeness (QED) is 0.378. The van der Waals surface area contributed by atoms with Gasteiger partial charge in [0.15, 0.2) is 0 Å². The van der Waals surface area contributed by atoms with Crippen molar-refractivity contribution in [2.24, 2.45) is 23.7 Å². The van der Waals surface area contributed by atoms with Gasteiger partial charge in [0.1, 0.15) is 0 Å². The molecule has 0 bridgehead atoms. The fourth-order valence-electron chi connectivity index (χ4n) is 2.72. The van der Waals surface area contributed by atoms with E-state index in [0.717, 1.165) is 30.1 Å². The van der Waals surface area contributed by atoms with Gasteiger partial charge in [0, 0.05) is 0 Å². The first-order valence-electron chi connectivity index (χ1n) is 5.56. The Bertz CT molecular complexity index is 162. The fourth-order valence-corrected chi connectivity index (χ4v) is 2.72. The van der Waals surface area contributed by atoms with Gasteiger partial charge in [-0.25, -0.2) is 0 Å². The van der Waals surface area contributed by atoms with Crippen molar-refractivity contribution in [1.29, 1.82) is 0 Å². The molecule has 0 aliphatic heterocycles. The first kappa shape index (κ1) is 15.4. The van der Waals surface area contributed by atoms with Gasteiger partial charge in [-0.2, -0.15) is 18.3 Å². The van der Waals surface area contributed by atoms with E-state index in [-0.39, 0.29) is 51.4 Å². The molecule has 0 N–H and O–H groups in total. The monoisotopic (exact) mass is 218 g/mol. The Morgan fingerprint density at radius 1 is 1.07 bits per heavy atom. The average molecular weight is 218 g/mol. The van der Waals surface area contributed by atoms with Crippen LogP contribution in [0.3, 0.4) is 0 Å². The van der Waals surface area contributed by atoms with Gasteiger partial charge in [0.05, 0.1) is 0 Å². The van der Waals surface area contributed by atoms with Crippen molar-refractivity contribution in [3.05, 3.63) is 18.6 Å². The van der Waals surface area contributed by atoms with Gasteiger partial charge in [0.2, 0.25) is 0 Å². The van der Waals surface area contributed by atoms with Gasteiger partial charge in [-0.05, 0) is 0 Å². The molecule has 1 saturated carbocycles. The molecule has 1 aliphatic rings. The molecule has 0 aromatic heterocycles. The van der Waals surface area contributed by atoms with Crippen LogP contribution in [0.2, 0.25) is 0 Å². The Morgan fingerprint density at radius 3 is 1.86 bits per heavy atom. The third-order valence-electron chi connectivity index (χ3n) is 4.21. The molecule has 0 spiro atoms. The van der Waals surface area contributed by atoms with Crippen LogP contribution >= 0.6 is 0 Å². The number of allylic oxidation sites excluding steroid dienone is 1. The van der Waals surface area contributed by atoms with Crippen molar-refractivity contribution in [2.75, 3.05) is 0 Å². The summed E-state index contributed by atoms with van der Waals surface area (Å²) in [6, 6.07) is 0. The van der Waals surface area contributed by atoms with Crippen LogP contribution in [0, 0.1) is 29.6 Å². The van der Waals surface area contributed by atoms with Crippen molar-refractivity contribution in [3.8, 4) is 0 Å². The molecule has 0 radical (unpaired) electrons. The summed E-state index contributed by atoms with van der Waals surface area (Å²) in [5, 5.41) is 0. The largest absolute Gasteiger partial charge is 1.00 e. The third kappa shape index (κ3) is 3.18. The average Bonchev–Trinajstić information content (AvgIpc) is 2.30. The normalized spacial score (nSPS) is 38.0. The second-order valence-electron chi connectivity index (χ2n) is 4.70. The van der Waals surface area contributed by atoms with Crippen LogP contribution in [0.1, 0.15) is 40.5 Å². The summed E-state index contributed by atoms with van der Waals surface area (Å²) < 4.78 is 0. The van der Waals surface area contributed by atoms with Crippen LogP contribution in [-0.2, 0) is 0 Å². The summed E-state index contributed by atoms with van der Waals surface area (Å²) in [5.41, 5.74) is 0. The van der Waals surface area contributed by atoms with Crippen molar-refractivity contribution in [1.82, 2.24) is 0 Å². The van der Waals surface area contributed by atoms with Crippen LogP contribution in [0.25, 0.3) is 0 Å². The van der Waals surface area contributed by atoms with Crippen LogP contribution in [0.4, 0.5) is 0 Å². The molecule has 1 rings (SSSR count). The van der Waals surface area contributed by atoms with E-state index in [1.807, 2.05) is 6.08 Å². The van der Waals surface area contributed by atoms with E-state index in [9.17, 15) is 0 Å². The summed E-state index contributed by atoms with van der Waals surface area (Å²) >= 11 is 0. The minimum atomic E-state index is 0. The first-order valence-corrected chi connectivity index (χ1v) is 5.56. The van der Waals surface area contributed by atoms with Gasteiger partial charge in [-0.15, -0.1) is 6.58 Å². The Hall–Kier alpha value is 1.38. The molecule has 0 nitrogen and oxygen atoms in total. The molecule has 14 heavy (non-hydrogen) atoms. The maximum atomic E-state index is 3.80. The molecule has 4 atom stereocenters. The minimum Gasteiger partial charge on any atom is -0.307 e. The van der Waals surface area contributed by atoms with Gasteiger partial charge >= 0.3 is 51.4 Å². The second kappa shape index (κ2) is 6.85. The number of hydrogen-bond donors (Lipinski definition) is 0. The molecule has 1 aliphatic carbocycles. The minimum absolute atomic E-state index is 0. The van der Waals surface area contributed by atoms with Crippen LogP contribution < -0.4 is 51.4 Å². The zero-order valence-corrected chi connectivity index (χ0v) is 13.6. The molecule has 4 unspecified atom stereocenters. The Balaban J connectivity index is 0.00000169. The topological polar surface area (TPSA) is 0 Å². The summed E-state index contributed by atoms with van der Waals surface area (Å²) in [6.07, 6.45) is 4.46. The summed E-state index contributed by atoms with van der Waals surface area (Å²) in [5.74, 6) is 5.17. The maximum absolute atomic E-state index is 3.80. The second-order valence-corrected chi connectivity index (χ2v) is 4.70. The molecule has 0 aromatic carbocycles. The SMILES string of the molecule is C=CCC[C-]1C(C)C(C)C(C)C1C.[K+]. The van der Waals surface area contributed by atoms with Gasteiger partial charge in [0.25, 0.3) is 0 Å². The molecule has 0 saturated heterocycles. The summed E-state index contributed by atoms with van der Waals surface area (Å²) in [6.45, 7) is 13.4. The molecule has 0 amide bonds. The van der Waals surface area contributed by atoms with Crippen molar-refractivity contribution >= 4 is 0 Å². The van der Waals surface area contributed by atoms with E-state index < -0.39 is 0 Å². The standard InChI is InChI=1S/C13H23.K/c1-6-7-8-13-11(4)9(2)10(3)12(13)5;/h6,9-12H,1,7-8H2,2-5H3;/q-1;+1. The number of rotatable bonds is 3. The summed E-state index contributed by atoms with van der Waals surface area (Å²) in [7, 11) is 0. The van der Waals surface area contributed by atoms with E-state index in [4.69, 9.17) is 0 Å². The number of hydrogen-bond acceptors (Lipinski definition) is 0. The Labute approximate surface area is 132 Å². The Kier molecular flexibility index (Phi) is 7.52. The van der Waals surface area contributed by atoms with Crippen molar-refractivity contribution < 1.29 is 51.4 Å². The zero-order valence-electron chi connectivity index (χ0n) is 10.5. The van der Waals surface area contributed by atoms with E-state index in [2.05, 4.69) is 34.3 Å². The van der Waals surface area contributed by atoms with Gasteiger partial charge in [-0.1, -0.05) is 52.0 Å². The van der Waals surface area contributed by atoms with Gasteiger partial charge < -0.3 is 5.92 Å². The van der Waals surface area contributed by atoms with E-state index in [0.29, 0.717) is 0 Å². The predicted molar refractivity (Wildman–Crippen MR) is 59.3 cm³/mol. The molecular weight excluding hydrogens is 195 g/mol. The maximum Gasteiger partial charge on any atom is 1.00 e. The molecule has 0 aromatic rings. The van der Waals surface area contributed by atoms with Crippen molar-refractivity contribution in [3.63, 3.8) is 0 Å². The molecule has 1 fully saturated rings.